The summed E-state index contributed by atoms with van der Waals surface area (Å²) in [6.07, 6.45) is -3.48. The molecule has 0 atom stereocenters. The van der Waals surface area contributed by atoms with Crippen molar-refractivity contribution >= 4 is 46.3 Å². The number of hydrogen-bond acceptors (Lipinski definition) is 3. The monoisotopic (exact) mass is 405 g/mol. The molecule has 0 spiro atoms. The van der Waals surface area contributed by atoms with Crippen LogP contribution in [-0.2, 0) is 11.9 Å². The first kappa shape index (κ1) is 19.6. The highest BCUT2D eigenvalue weighted by atomic mass is 35.5. The highest BCUT2D eigenvalue weighted by Gasteiger charge is 2.34. The van der Waals surface area contributed by atoms with Gasteiger partial charge >= 0.3 is 6.18 Å². The van der Waals surface area contributed by atoms with Crippen molar-refractivity contribution in [1.29, 1.82) is 0 Å². The third-order valence-electron chi connectivity index (χ3n) is 2.95. The Bertz CT molecular complexity index is 793. The Labute approximate surface area is 156 Å². The van der Waals surface area contributed by atoms with Crippen LogP contribution in [0.25, 0.3) is 0 Å². The van der Waals surface area contributed by atoms with Crippen molar-refractivity contribution in [3.8, 4) is 0 Å². The van der Waals surface area contributed by atoms with Crippen LogP contribution in [0, 0.1) is 0 Å². The van der Waals surface area contributed by atoms with E-state index in [1.54, 1.807) is 0 Å². The Balaban J connectivity index is 2.07. The first-order valence-corrected chi connectivity index (χ1v) is 8.61. The van der Waals surface area contributed by atoms with E-state index in [0.29, 0.717) is 5.75 Å². The minimum atomic E-state index is -4.61. The van der Waals surface area contributed by atoms with E-state index in [0.717, 1.165) is 17.8 Å². The molecule has 0 unspecified atom stereocenters. The van der Waals surface area contributed by atoms with Crippen LogP contribution in [0.3, 0.4) is 0 Å². The minimum Gasteiger partial charge on any atom is -0.377 e. The normalized spacial score (nSPS) is 12.8. The Kier molecular flexibility index (Phi) is 6.75. The maximum absolute atomic E-state index is 12.9. The average molecular weight is 406 g/mol. The van der Waals surface area contributed by atoms with Crippen molar-refractivity contribution in [3.05, 3.63) is 69.2 Å². The molecule has 0 saturated heterocycles. The molecule has 0 aliphatic carbocycles. The topological polar surface area (TPSA) is 50.7 Å². The molecule has 0 aliphatic heterocycles. The maximum Gasteiger partial charge on any atom is 0.417 e. The zero-order chi connectivity index (χ0) is 18.4. The van der Waals surface area contributed by atoms with Crippen LogP contribution in [0.4, 0.5) is 13.2 Å². The maximum atomic E-state index is 12.9. The van der Waals surface area contributed by atoms with E-state index in [4.69, 9.17) is 28.9 Å². The van der Waals surface area contributed by atoms with Gasteiger partial charge in [0.15, 0.2) is 5.17 Å². The Morgan fingerprint density at radius 2 is 1.84 bits per heavy atom. The van der Waals surface area contributed by atoms with Crippen LogP contribution in [0.2, 0.25) is 10.0 Å². The van der Waals surface area contributed by atoms with Gasteiger partial charge in [0.2, 0.25) is 0 Å². The van der Waals surface area contributed by atoms with Gasteiger partial charge in [0.1, 0.15) is 0 Å². The van der Waals surface area contributed by atoms with Gasteiger partial charge in [0, 0.05) is 5.75 Å². The van der Waals surface area contributed by atoms with Crippen molar-refractivity contribution in [3.63, 3.8) is 0 Å². The van der Waals surface area contributed by atoms with Gasteiger partial charge in [-0.15, -0.1) is 5.10 Å². The van der Waals surface area contributed by atoms with E-state index in [2.05, 4.69) is 10.2 Å². The molecule has 0 aromatic heterocycles. The fourth-order valence-electron chi connectivity index (χ4n) is 1.80. The molecule has 132 valence electrons. The molecule has 9 heteroatoms. The molecule has 3 nitrogen and oxygen atoms in total. The van der Waals surface area contributed by atoms with E-state index < -0.39 is 16.8 Å². The molecule has 0 bridgehead atoms. The average Bonchev–Trinajstić information content (AvgIpc) is 2.56. The number of thioether (sulfide) groups is 1. The van der Waals surface area contributed by atoms with Gasteiger partial charge < -0.3 is 5.73 Å². The van der Waals surface area contributed by atoms with Crippen LogP contribution < -0.4 is 5.73 Å². The summed E-state index contributed by atoms with van der Waals surface area (Å²) < 4.78 is 38.6. The fraction of sp³-hybridized carbons (Fsp3) is 0.125. The number of alkyl halides is 3. The number of rotatable bonds is 4. The number of nitrogens with two attached hydrogens (primary N) is 1. The predicted octanol–water partition coefficient (Wildman–Crippen LogP) is 5.59. The van der Waals surface area contributed by atoms with Crippen LogP contribution >= 0.6 is 35.0 Å². The van der Waals surface area contributed by atoms with Gasteiger partial charge in [0.05, 0.1) is 21.8 Å². The standard InChI is InChI=1S/C16H12Cl2F3N3S/c17-13-7-11(6-12(14(13)18)16(19,20)21)8-23-24-15(22)25-9-10-4-2-1-3-5-10/h1-8H,9H2,(H2,22,24). The highest BCUT2D eigenvalue weighted by molar-refractivity contribution is 8.13. The molecule has 25 heavy (non-hydrogen) atoms. The number of nitrogens with zero attached hydrogens (tertiary/aromatic N) is 2. The van der Waals surface area contributed by atoms with Crippen molar-refractivity contribution < 1.29 is 13.2 Å². The fourth-order valence-corrected chi connectivity index (χ4v) is 2.86. The van der Waals surface area contributed by atoms with Crippen LogP contribution in [-0.4, -0.2) is 11.4 Å². The summed E-state index contributed by atoms with van der Waals surface area (Å²) in [6.45, 7) is 0. The molecule has 0 saturated carbocycles. The van der Waals surface area contributed by atoms with Gasteiger partial charge in [-0.3, -0.25) is 0 Å². The molecular formula is C16H12Cl2F3N3S. The summed E-state index contributed by atoms with van der Waals surface area (Å²) in [7, 11) is 0. The van der Waals surface area contributed by atoms with Crippen molar-refractivity contribution in [1.82, 2.24) is 0 Å². The molecule has 2 N–H and O–H groups in total. The smallest absolute Gasteiger partial charge is 0.377 e. The lowest BCUT2D eigenvalue weighted by atomic mass is 10.1. The second kappa shape index (κ2) is 8.60. The zero-order valence-electron chi connectivity index (χ0n) is 12.6. The number of benzene rings is 2. The Morgan fingerprint density at radius 3 is 2.48 bits per heavy atom. The second-order valence-corrected chi connectivity index (χ2v) is 6.60. The van der Waals surface area contributed by atoms with E-state index in [9.17, 15) is 13.2 Å². The number of halogens is 5. The second-order valence-electron chi connectivity index (χ2n) is 4.82. The van der Waals surface area contributed by atoms with Gasteiger partial charge in [-0.1, -0.05) is 65.3 Å². The summed E-state index contributed by atoms with van der Waals surface area (Å²) in [5, 5.41) is 6.87. The van der Waals surface area contributed by atoms with Crippen molar-refractivity contribution in [2.45, 2.75) is 11.9 Å². The Morgan fingerprint density at radius 1 is 1.16 bits per heavy atom. The summed E-state index contributed by atoms with van der Waals surface area (Å²) >= 11 is 12.6. The molecule has 0 radical (unpaired) electrons. The van der Waals surface area contributed by atoms with Gasteiger partial charge in [-0.2, -0.15) is 18.3 Å². The van der Waals surface area contributed by atoms with Gasteiger partial charge in [-0.05, 0) is 23.3 Å². The lowest BCUT2D eigenvalue weighted by Crippen LogP contribution is -2.07. The molecule has 0 heterocycles. The van der Waals surface area contributed by atoms with Crippen LogP contribution in [0.1, 0.15) is 16.7 Å². The van der Waals surface area contributed by atoms with Crippen LogP contribution in [0.15, 0.2) is 52.7 Å². The summed E-state index contributed by atoms with van der Waals surface area (Å²) in [5.74, 6) is 0.608. The minimum absolute atomic E-state index is 0.117. The quantitative estimate of drug-likeness (QED) is 0.409. The molecule has 0 aliphatic rings. The molecule has 0 fully saturated rings. The summed E-state index contributed by atoms with van der Waals surface area (Å²) in [5.41, 5.74) is 5.86. The highest BCUT2D eigenvalue weighted by Crippen LogP contribution is 2.38. The number of amidine groups is 1. The first-order valence-electron chi connectivity index (χ1n) is 6.87. The molecular weight excluding hydrogens is 394 g/mol. The predicted molar refractivity (Wildman–Crippen MR) is 98.4 cm³/mol. The SMILES string of the molecule is NC(=NN=Cc1cc(Cl)c(Cl)c(C(F)(F)F)c1)SCc1ccccc1. The van der Waals surface area contributed by atoms with E-state index in [1.165, 1.54) is 17.8 Å². The van der Waals surface area contributed by atoms with Crippen LogP contribution in [0.5, 0.6) is 0 Å². The third kappa shape index (κ3) is 5.95. The first-order chi connectivity index (χ1) is 11.8. The molecule has 2 rings (SSSR count). The molecule has 2 aromatic carbocycles. The molecule has 2 aromatic rings. The third-order valence-corrected chi connectivity index (χ3v) is 4.61. The van der Waals surface area contributed by atoms with E-state index in [1.807, 2.05) is 30.3 Å². The largest absolute Gasteiger partial charge is 0.417 e. The van der Waals surface area contributed by atoms with Crippen molar-refractivity contribution in [2.75, 3.05) is 0 Å². The Hall–Kier alpha value is -1.70. The van der Waals surface area contributed by atoms with Crippen molar-refractivity contribution in [2.24, 2.45) is 15.9 Å². The number of hydrogen-bond donors (Lipinski definition) is 1. The zero-order valence-corrected chi connectivity index (χ0v) is 14.9. The summed E-state index contributed by atoms with van der Waals surface area (Å²) in [6, 6.07) is 11.7. The van der Waals surface area contributed by atoms with Gasteiger partial charge in [-0.25, -0.2) is 0 Å². The van der Waals surface area contributed by atoms with Gasteiger partial charge in [0.25, 0.3) is 0 Å². The summed E-state index contributed by atoms with van der Waals surface area (Å²) in [4.78, 5) is 0. The lowest BCUT2D eigenvalue weighted by molar-refractivity contribution is -0.137. The van der Waals surface area contributed by atoms with E-state index >= 15 is 0 Å². The molecule has 0 amide bonds. The lowest BCUT2D eigenvalue weighted by Gasteiger charge is -2.10. The van der Waals surface area contributed by atoms with E-state index in [-0.39, 0.29) is 15.8 Å².